The summed E-state index contributed by atoms with van der Waals surface area (Å²) in [6.45, 7) is 7.37. The van der Waals surface area contributed by atoms with Crippen LogP contribution in [0.1, 0.15) is 72.1 Å². The van der Waals surface area contributed by atoms with E-state index in [4.69, 9.17) is 0 Å². The van der Waals surface area contributed by atoms with Gasteiger partial charge in [0.1, 0.15) is 0 Å². The summed E-state index contributed by atoms with van der Waals surface area (Å²) in [6.07, 6.45) is 7.95. The van der Waals surface area contributed by atoms with E-state index in [1.54, 1.807) is 6.08 Å². The zero-order chi connectivity index (χ0) is 21.0. The van der Waals surface area contributed by atoms with Gasteiger partial charge in [-0.3, -0.25) is 0 Å². The molecule has 0 saturated heterocycles. The number of rotatable bonds is 4. The van der Waals surface area contributed by atoms with E-state index in [0.717, 1.165) is 51.4 Å². The summed E-state index contributed by atoms with van der Waals surface area (Å²) in [5.41, 5.74) is -0.0579. The molecule has 4 aliphatic rings. The first-order chi connectivity index (χ1) is 13.7. The first-order valence-electron chi connectivity index (χ1n) is 11.8. The van der Waals surface area contributed by atoms with Gasteiger partial charge in [0.2, 0.25) is 6.08 Å². The highest BCUT2D eigenvalue weighted by Crippen LogP contribution is 2.68. The van der Waals surface area contributed by atoms with E-state index >= 15 is 0 Å². The minimum absolute atomic E-state index is 0.119. The van der Waals surface area contributed by atoms with Crippen LogP contribution in [-0.4, -0.2) is 46.3 Å². The van der Waals surface area contributed by atoms with Crippen LogP contribution in [0.4, 0.5) is 0 Å². The highest BCUT2D eigenvalue weighted by molar-refractivity contribution is 5.32. The third kappa shape index (κ3) is 3.24. The summed E-state index contributed by atoms with van der Waals surface area (Å²) in [5, 5.41) is 33.0. The van der Waals surface area contributed by atoms with Gasteiger partial charge >= 0.3 is 0 Å². The number of hydrogen-bond acceptors (Lipinski definition) is 5. The van der Waals surface area contributed by atoms with Crippen molar-refractivity contribution in [1.82, 2.24) is 0 Å². The second-order valence-corrected chi connectivity index (χ2v) is 11.3. The molecule has 4 aliphatic carbocycles. The molecule has 0 unspecified atom stereocenters. The maximum Gasteiger partial charge on any atom is 0.234 e. The van der Waals surface area contributed by atoms with Crippen molar-refractivity contribution in [3.05, 3.63) is 0 Å². The van der Waals surface area contributed by atoms with E-state index in [1.807, 2.05) is 0 Å². The second kappa shape index (κ2) is 7.75. The topological polar surface area (TPSA) is 90.1 Å². The van der Waals surface area contributed by atoms with Gasteiger partial charge in [0.15, 0.2) is 0 Å². The first kappa shape index (κ1) is 21.5. The van der Waals surface area contributed by atoms with Gasteiger partial charge in [-0.15, -0.1) is 0 Å². The van der Waals surface area contributed by atoms with Crippen LogP contribution < -0.4 is 0 Å². The Morgan fingerprint density at radius 3 is 2.55 bits per heavy atom. The van der Waals surface area contributed by atoms with Crippen LogP contribution in [0.3, 0.4) is 0 Å². The van der Waals surface area contributed by atoms with Gasteiger partial charge in [-0.05, 0) is 97.7 Å². The minimum atomic E-state index is -0.354. The van der Waals surface area contributed by atoms with E-state index < -0.39 is 0 Å². The van der Waals surface area contributed by atoms with Gasteiger partial charge in [0, 0.05) is 0 Å². The lowest BCUT2D eigenvalue weighted by atomic mass is 9.43. The van der Waals surface area contributed by atoms with Crippen molar-refractivity contribution < 1.29 is 20.1 Å². The second-order valence-electron chi connectivity index (χ2n) is 11.3. The molecule has 4 fully saturated rings. The van der Waals surface area contributed by atoms with Gasteiger partial charge in [-0.25, -0.2) is 9.79 Å². The molecule has 0 radical (unpaired) electrons. The monoisotopic (exact) mass is 405 g/mol. The maximum absolute atomic E-state index is 11.5. The molecule has 0 bridgehead atoms. The molecule has 4 rings (SSSR count). The fraction of sp³-hybridized carbons (Fsp3) is 0.958. The molecular weight excluding hydrogens is 366 g/mol. The zero-order valence-electron chi connectivity index (χ0n) is 18.3. The van der Waals surface area contributed by atoms with Crippen molar-refractivity contribution in [2.45, 2.75) is 90.4 Å². The van der Waals surface area contributed by atoms with Crippen molar-refractivity contribution in [2.24, 2.45) is 51.3 Å². The molecule has 5 nitrogen and oxygen atoms in total. The van der Waals surface area contributed by atoms with Crippen LogP contribution in [0.2, 0.25) is 0 Å². The van der Waals surface area contributed by atoms with E-state index in [1.165, 1.54) is 0 Å². The molecule has 0 amide bonds. The van der Waals surface area contributed by atoms with E-state index in [2.05, 4.69) is 25.8 Å². The predicted molar refractivity (Wildman–Crippen MR) is 111 cm³/mol. The summed E-state index contributed by atoms with van der Waals surface area (Å²) < 4.78 is 0. The Labute approximate surface area is 175 Å². The van der Waals surface area contributed by atoms with Crippen LogP contribution in [0, 0.1) is 46.3 Å². The first-order valence-corrected chi connectivity index (χ1v) is 11.8. The zero-order valence-corrected chi connectivity index (χ0v) is 18.3. The smallest absolute Gasteiger partial charge is 0.234 e. The Kier molecular flexibility index (Phi) is 5.74. The fourth-order valence-electron chi connectivity index (χ4n) is 8.65. The summed E-state index contributed by atoms with van der Waals surface area (Å²) in [4.78, 5) is 14.2. The van der Waals surface area contributed by atoms with Gasteiger partial charge in [0.05, 0.1) is 24.9 Å². The highest BCUT2D eigenvalue weighted by Gasteiger charge is 2.65. The van der Waals surface area contributed by atoms with E-state index in [9.17, 15) is 20.1 Å². The third-order valence-electron chi connectivity index (χ3n) is 10.3. The van der Waals surface area contributed by atoms with Gasteiger partial charge in [-0.1, -0.05) is 20.8 Å². The van der Waals surface area contributed by atoms with Crippen molar-refractivity contribution in [2.75, 3.05) is 6.54 Å². The number of aliphatic hydroxyl groups excluding tert-OH is 3. The molecule has 4 saturated carbocycles. The largest absolute Gasteiger partial charge is 0.393 e. The van der Waals surface area contributed by atoms with Gasteiger partial charge < -0.3 is 15.3 Å². The summed E-state index contributed by atoms with van der Waals surface area (Å²) in [6, 6.07) is 0. The molecule has 0 aromatic carbocycles. The van der Waals surface area contributed by atoms with Gasteiger partial charge in [0.25, 0.3) is 0 Å². The summed E-state index contributed by atoms with van der Waals surface area (Å²) in [7, 11) is 0. The highest BCUT2D eigenvalue weighted by atomic mass is 16.3. The SMILES string of the molecule is C[C@H](CCN=C=O)[C@H]1CC[C@H]2[C@@H]3[C@H](O)C[C@@H]4C[C@H](O)CC[C@]4(C)[C@H]3C[C@H](O)[C@]12C. The Morgan fingerprint density at radius 2 is 1.83 bits per heavy atom. The normalized spacial score (nSPS) is 52.6. The minimum Gasteiger partial charge on any atom is -0.393 e. The molecule has 0 aliphatic heterocycles. The lowest BCUT2D eigenvalue weighted by Crippen LogP contribution is -2.62. The molecule has 0 aromatic rings. The number of aliphatic hydroxyl groups is 3. The van der Waals surface area contributed by atoms with Crippen LogP contribution in [0.15, 0.2) is 4.99 Å². The Morgan fingerprint density at radius 1 is 1.07 bits per heavy atom. The van der Waals surface area contributed by atoms with E-state index in [-0.39, 0.29) is 35.1 Å². The Hall–Kier alpha value is -0.740. The quantitative estimate of drug-likeness (QED) is 0.494. The summed E-state index contributed by atoms with van der Waals surface area (Å²) >= 11 is 0. The third-order valence-corrected chi connectivity index (χ3v) is 10.3. The number of isocyanates is 1. The van der Waals surface area contributed by atoms with Crippen molar-refractivity contribution in [3.8, 4) is 0 Å². The lowest BCUT2D eigenvalue weighted by molar-refractivity contribution is -0.206. The molecule has 11 atom stereocenters. The van der Waals surface area contributed by atoms with Crippen molar-refractivity contribution in [1.29, 1.82) is 0 Å². The van der Waals surface area contributed by atoms with E-state index in [0.29, 0.717) is 36.1 Å². The van der Waals surface area contributed by atoms with Crippen molar-refractivity contribution >= 4 is 6.08 Å². The Balaban J connectivity index is 1.61. The average Bonchev–Trinajstić information content (AvgIpc) is 3.03. The number of carbonyl (C=O) groups excluding carboxylic acids is 1. The van der Waals surface area contributed by atoms with Crippen molar-refractivity contribution in [3.63, 3.8) is 0 Å². The molecular formula is C24H39NO4. The van der Waals surface area contributed by atoms with Crippen LogP contribution in [-0.2, 0) is 4.79 Å². The number of aliphatic imine (C=N–C) groups is 1. The Bertz CT molecular complexity index is 663. The van der Waals surface area contributed by atoms with Crippen LogP contribution >= 0.6 is 0 Å². The summed E-state index contributed by atoms with van der Waals surface area (Å²) in [5.74, 6) is 2.09. The number of nitrogens with zero attached hydrogens (tertiary/aromatic N) is 1. The number of hydrogen-bond donors (Lipinski definition) is 3. The fourth-order valence-corrected chi connectivity index (χ4v) is 8.65. The average molecular weight is 406 g/mol. The molecule has 29 heavy (non-hydrogen) atoms. The van der Waals surface area contributed by atoms with Crippen LogP contribution in [0.5, 0.6) is 0 Å². The van der Waals surface area contributed by atoms with Gasteiger partial charge in [-0.2, -0.15) is 0 Å². The molecule has 0 heterocycles. The predicted octanol–water partition coefficient (Wildman–Crippen LogP) is 3.31. The molecule has 0 aromatic heterocycles. The maximum atomic E-state index is 11.5. The molecule has 0 spiro atoms. The molecule has 164 valence electrons. The standard InChI is InChI=1S/C24H39NO4/c1-14(7-9-25-13-26)17-4-5-18-22-19(12-21(29)24(17,18)3)23(2)8-6-16(27)10-15(23)11-20(22)28/h14-22,27-29H,4-12H2,1-3H3/t14-,15+,16-,17-,18+,19+,20-,21+,22+,23+,24-/m1/s1. The number of fused-ring (bicyclic) bond motifs is 5. The molecule has 5 heteroatoms. The molecule has 3 N–H and O–H groups in total. The lowest BCUT2D eigenvalue weighted by Gasteiger charge is -2.63. The van der Waals surface area contributed by atoms with Crippen LogP contribution in [0.25, 0.3) is 0 Å².